The first kappa shape index (κ1) is 23.7. The van der Waals surface area contributed by atoms with E-state index in [4.69, 9.17) is 9.78 Å². The van der Waals surface area contributed by atoms with Crippen LogP contribution in [0.15, 0.2) is 24.3 Å². The standard InChI is InChI=1S/C24H40O3/c1-3-4-5-6-7-8-9-10-11-12-13-14-15-16-21-26-27-24(25)23-19-17-22(2)18-20-23/h17-20H,3-16,21H2,1-2H3. The molecule has 0 fully saturated rings. The number of hydrogen-bond acceptors (Lipinski definition) is 3. The first-order valence-corrected chi connectivity index (χ1v) is 11.1. The molecule has 3 nitrogen and oxygen atoms in total. The smallest absolute Gasteiger partial charge is 0.293 e. The highest BCUT2D eigenvalue weighted by molar-refractivity contribution is 5.88. The molecule has 3 heteroatoms. The lowest BCUT2D eigenvalue weighted by molar-refractivity contribution is -0.241. The topological polar surface area (TPSA) is 35.5 Å². The van der Waals surface area contributed by atoms with Crippen molar-refractivity contribution in [2.45, 2.75) is 104 Å². The van der Waals surface area contributed by atoms with Gasteiger partial charge in [-0.15, -0.1) is 0 Å². The molecule has 0 radical (unpaired) electrons. The quantitative estimate of drug-likeness (QED) is 0.160. The minimum atomic E-state index is -0.416. The third-order valence-corrected chi connectivity index (χ3v) is 5.00. The molecule has 0 aliphatic heterocycles. The first-order chi connectivity index (χ1) is 13.2. The minimum absolute atomic E-state index is 0.416. The minimum Gasteiger partial charge on any atom is -0.293 e. The van der Waals surface area contributed by atoms with Crippen molar-refractivity contribution in [3.8, 4) is 0 Å². The summed E-state index contributed by atoms with van der Waals surface area (Å²) in [4.78, 5) is 21.6. The second-order valence-electron chi connectivity index (χ2n) is 7.65. The summed E-state index contributed by atoms with van der Waals surface area (Å²) < 4.78 is 0. The molecule has 0 heterocycles. The Labute approximate surface area is 166 Å². The Balaban J connectivity index is 1.80. The number of unbranched alkanes of at least 4 members (excludes halogenated alkanes) is 13. The fourth-order valence-electron chi connectivity index (χ4n) is 3.19. The second-order valence-corrected chi connectivity index (χ2v) is 7.65. The summed E-state index contributed by atoms with van der Waals surface area (Å²) in [5.74, 6) is -0.416. The van der Waals surface area contributed by atoms with Crippen molar-refractivity contribution >= 4 is 5.97 Å². The number of carbonyl (C=O) groups is 1. The van der Waals surface area contributed by atoms with Crippen LogP contribution in [0.1, 0.15) is 113 Å². The van der Waals surface area contributed by atoms with Crippen molar-refractivity contribution in [3.05, 3.63) is 35.4 Å². The van der Waals surface area contributed by atoms with Gasteiger partial charge in [-0.25, -0.2) is 4.79 Å². The van der Waals surface area contributed by atoms with Crippen molar-refractivity contribution in [1.29, 1.82) is 0 Å². The van der Waals surface area contributed by atoms with Crippen molar-refractivity contribution < 1.29 is 14.6 Å². The molecule has 0 N–H and O–H groups in total. The Morgan fingerprint density at radius 1 is 0.704 bits per heavy atom. The molecule has 154 valence electrons. The van der Waals surface area contributed by atoms with Gasteiger partial charge in [0.1, 0.15) is 0 Å². The van der Waals surface area contributed by atoms with E-state index < -0.39 is 5.97 Å². The summed E-state index contributed by atoms with van der Waals surface area (Å²) in [6, 6.07) is 7.30. The average molecular weight is 377 g/mol. The zero-order valence-electron chi connectivity index (χ0n) is 17.6. The average Bonchev–Trinajstić information content (AvgIpc) is 2.68. The van der Waals surface area contributed by atoms with Gasteiger partial charge >= 0.3 is 5.97 Å². The van der Waals surface area contributed by atoms with Crippen LogP contribution >= 0.6 is 0 Å². The Hall–Kier alpha value is -1.35. The van der Waals surface area contributed by atoms with Crippen LogP contribution in [-0.2, 0) is 9.78 Å². The summed E-state index contributed by atoms with van der Waals surface area (Å²) in [5, 5.41) is 0. The summed E-state index contributed by atoms with van der Waals surface area (Å²) in [6.45, 7) is 4.74. The van der Waals surface area contributed by atoms with Crippen LogP contribution in [0.25, 0.3) is 0 Å². The molecule has 0 bridgehead atoms. The number of hydrogen-bond donors (Lipinski definition) is 0. The van der Waals surface area contributed by atoms with E-state index in [2.05, 4.69) is 6.92 Å². The Kier molecular flexibility index (Phi) is 14.7. The van der Waals surface area contributed by atoms with E-state index in [1.807, 2.05) is 19.1 Å². The first-order valence-electron chi connectivity index (χ1n) is 11.1. The largest absolute Gasteiger partial charge is 0.373 e. The Morgan fingerprint density at radius 2 is 1.15 bits per heavy atom. The molecule has 0 spiro atoms. The number of carbonyl (C=O) groups excluding carboxylic acids is 1. The molecule has 1 aromatic rings. The Morgan fingerprint density at radius 3 is 1.63 bits per heavy atom. The van der Waals surface area contributed by atoms with Gasteiger partial charge in [0, 0.05) is 0 Å². The van der Waals surface area contributed by atoms with Crippen LogP contribution < -0.4 is 0 Å². The maximum absolute atomic E-state index is 11.8. The van der Waals surface area contributed by atoms with Crippen LogP contribution in [0.3, 0.4) is 0 Å². The van der Waals surface area contributed by atoms with E-state index in [0.29, 0.717) is 12.2 Å². The predicted octanol–water partition coefficient (Wildman–Crippen LogP) is 7.56. The zero-order valence-corrected chi connectivity index (χ0v) is 17.6. The van der Waals surface area contributed by atoms with Gasteiger partial charge in [0.05, 0.1) is 12.2 Å². The lowest BCUT2D eigenvalue weighted by Crippen LogP contribution is -2.07. The molecule has 0 atom stereocenters. The monoisotopic (exact) mass is 376 g/mol. The Bertz CT molecular complexity index is 467. The lowest BCUT2D eigenvalue weighted by Gasteiger charge is -2.05. The van der Waals surface area contributed by atoms with Crippen molar-refractivity contribution in [2.75, 3.05) is 6.61 Å². The van der Waals surface area contributed by atoms with Gasteiger partial charge < -0.3 is 0 Å². The number of aryl methyl sites for hydroxylation is 1. The molecule has 0 aromatic heterocycles. The van der Waals surface area contributed by atoms with Gasteiger partial charge in [0.25, 0.3) is 0 Å². The van der Waals surface area contributed by atoms with Gasteiger partial charge in [-0.1, -0.05) is 108 Å². The summed E-state index contributed by atoms with van der Waals surface area (Å²) in [6.07, 6.45) is 18.6. The van der Waals surface area contributed by atoms with Crippen LogP contribution in [0.4, 0.5) is 0 Å². The molecular weight excluding hydrogens is 336 g/mol. The van der Waals surface area contributed by atoms with Gasteiger partial charge in [0.15, 0.2) is 0 Å². The van der Waals surface area contributed by atoms with E-state index in [-0.39, 0.29) is 0 Å². The van der Waals surface area contributed by atoms with E-state index >= 15 is 0 Å². The molecule has 27 heavy (non-hydrogen) atoms. The zero-order chi connectivity index (χ0) is 19.6. The van der Waals surface area contributed by atoms with Gasteiger partial charge in [-0.05, 0) is 25.5 Å². The molecule has 1 aromatic carbocycles. The van der Waals surface area contributed by atoms with E-state index in [1.54, 1.807) is 12.1 Å². The van der Waals surface area contributed by atoms with Crippen LogP contribution in [-0.4, -0.2) is 12.6 Å². The summed E-state index contributed by atoms with van der Waals surface area (Å²) >= 11 is 0. The van der Waals surface area contributed by atoms with E-state index in [1.165, 1.54) is 77.0 Å². The third kappa shape index (κ3) is 13.5. The summed E-state index contributed by atoms with van der Waals surface area (Å²) in [5.41, 5.74) is 1.65. The van der Waals surface area contributed by atoms with Gasteiger partial charge in [-0.2, -0.15) is 4.89 Å². The molecular formula is C24H40O3. The SMILES string of the molecule is CCCCCCCCCCCCCCCCOOC(=O)c1ccc(C)cc1. The predicted molar refractivity (Wildman–Crippen MR) is 113 cm³/mol. The highest BCUT2D eigenvalue weighted by Crippen LogP contribution is 2.13. The van der Waals surface area contributed by atoms with E-state index in [0.717, 1.165) is 18.4 Å². The van der Waals surface area contributed by atoms with Crippen LogP contribution in [0, 0.1) is 6.92 Å². The molecule has 0 amide bonds. The number of benzene rings is 1. The third-order valence-electron chi connectivity index (χ3n) is 5.00. The number of rotatable bonds is 17. The lowest BCUT2D eigenvalue weighted by atomic mass is 10.0. The second kappa shape index (κ2) is 16.8. The summed E-state index contributed by atoms with van der Waals surface area (Å²) in [7, 11) is 0. The molecule has 0 saturated carbocycles. The maximum atomic E-state index is 11.8. The molecule has 0 aliphatic rings. The van der Waals surface area contributed by atoms with Gasteiger partial charge in [0.2, 0.25) is 0 Å². The van der Waals surface area contributed by atoms with Crippen LogP contribution in [0.2, 0.25) is 0 Å². The normalized spacial score (nSPS) is 10.9. The molecule has 0 unspecified atom stereocenters. The van der Waals surface area contributed by atoms with Crippen molar-refractivity contribution in [2.24, 2.45) is 0 Å². The molecule has 0 aliphatic carbocycles. The van der Waals surface area contributed by atoms with Crippen molar-refractivity contribution in [1.82, 2.24) is 0 Å². The highest BCUT2D eigenvalue weighted by Gasteiger charge is 2.07. The molecule has 1 rings (SSSR count). The van der Waals surface area contributed by atoms with Crippen molar-refractivity contribution in [3.63, 3.8) is 0 Å². The molecule has 0 saturated heterocycles. The maximum Gasteiger partial charge on any atom is 0.373 e. The van der Waals surface area contributed by atoms with Crippen LogP contribution in [0.5, 0.6) is 0 Å². The highest BCUT2D eigenvalue weighted by atomic mass is 17.2. The van der Waals surface area contributed by atoms with E-state index in [9.17, 15) is 4.79 Å². The van der Waals surface area contributed by atoms with Gasteiger partial charge in [-0.3, -0.25) is 4.89 Å². The fourth-order valence-corrected chi connectivity index (χ4v) is 3.19. The fraction of sp³-hybridized carbons (Fsp3) is 0.708.